The summed E-state index contributed by atoms with van der Waals surface area (Å²) < 4.78 is 5.30. The minimum Gasteiger partial charge on any atom is -0.481 e. The van der Waals surface area contributed by atoms with Gasteiger partial charge in [0.25, 0.3) is 0 Å². The van der Waals surface area contributed by atoms with Crippen LogP contribution < -0.4 is 5.32 Å². The van der Waals surface area contributed by atoms with E-state index in [2.05, 4.69) is 5.32 Å². The first kappa shape index (κ1) is 15.5. The topological polar surface area (TPSA) is 75.6 Å². The van der Waals surface area contributed by atoms with E-state index in [9.17, 15) is 14.7 Å². The lowest BCUT2D eigenvalue weighted by Crippen LogP contribution is -2.30. The lowest BCUT2D eigenvalue weighted by molar-refractivity contribution is -0.142. The predicted molar refractivity (Wildman–Crippen MR) is 79.3 cm³/mol. The van der Waals surface area contributed by atoms with Crippen molar-refractivity contribution in [1.29, 1.82) is 0 Å². The number of hydrogen-bond acceptors (Lipinski definition) is 3. The van der Waals surface area contributed by atoms with Crippen LogP contribution in [0.15, 0.2) is 24.3 Å². The Morgan fingerprint density at radius 2 is 1.95 bits per heavy atom. The summed E-state index contributed by atoms with van der Waals surface area (Å²) in [5.41, 5.74) is 0.434. The van der Waals surface area contributed by atoms with E-state index in [0.29, 0.717) is 17.9 Å². The zero-order valence-corrected chi connectivity index (χ0v) is 12.4. The Hall–Kier alpha value is -1.88. The third-order valence-corrected chi connectivity index (χ3v) is 3.94. The third-order valence-electron chi connectivity index (χ3n) is 3.94. The van der Waals surface area contributed by atoms with Gasteiger partial charge in [-0.05, 0) is 44.4 Å². The summed E-state index contributed by atoms with van der Waals surface area (Å²) in [5, 5.41) is 12.0. The van der Waals surface area contributed by atoms with E-state index in [4.69, 9.17) is 4.74 Å². The number of carbonyl (C=O) groups excluding carboxylic acids is 1. The minimum atomic E-state index is -0.945. The Labute approximate surface area is 124 Å². The Balaban J connectivity index is 2.02. The Bertz CT molecular complexity index is 516. The molecule has 1 aliphatic rings. The lowest BCUT2D eigenvalue weighted by Gasteiger charge is -2.22. The van der Waals surface area contributed by atoms with E-state index in [1.54, 1.807) is 38.1 Å². The maximum Gasteiger partial charge on any atom is 0.313 e. The van der Waals surface area contributed by atoms with Crippen LogP contribution in [0.4, 0.5) is 5.69 Å². The van der Waals surface area contributed by atoms with Crippen LogP contribution in [0, 0.1) is 5.92 Å². The fourth-order valence-electron chi connectivity index (χ4n) is 2.29. The molecule has 0 aliphatic carbocycles. The largest absolute Gasteiger partial charge is 0.481 e. The molecule has 1 aromatic carbocycles. The zero-order valence-electron chi connectivity index (χ0n) is 12.4. The van der Waals surface area contributed by atoms with Crippen LogP contribution in [0.25, 0.3) is 0 Å². The van der Waals surface area contributed by atoms with Gasteiger partial charge in [0.15, 0.2) is 0 Å². The second kappa shape index (κ2) is 6.26. The molecule has 1 saturated heterocycles. The maximum atomic E-state index is 12.1. The Morgan fingerprint density at radius 3 is 2.48 bits per heavy atom. The normalized spacial score (nSPS) is 19.0. The molecule has 1 atom stereocenters. The summed E-state index contributed by atoms with van der Waals surface area (Å²) in [5.74, 6) is -1.02. The Kier molecular flexibility index (Phi) is 4.63. The van der Waals surface area contributed by atoms with Crippen LogP contribution in [0.5, 0.6) is 0 Å². The van der Waals surface area contributed by atoms with Gasteiger partial charge < -0.3 is 15.2 Å². The summed E-state index contributed by atoms with van der Waals surface area (Å²) >= 11 is 0. The number of anilines is 1. The van der Waals surface area contributed by atoms with Gasteiger partial charge in [0.2, 0.25) is 5.91 Å². The number of carbonyl (C=O) groups is 2. The number of amides is 1. The van der Waals surface area contributed by atoms with Gasteiger partial charge in [-0.2, -0.15) is 0 Å². The zero-order chi connectivity index (χ0) is 15.5. The average Bonchev–Trinajstić information content (AvgIpc) is 2.48. The predicted octanol–water partition coefficient (Wildman–Crippen LogP) is 2.41. The molecule has 1 fully saturated rings. The molecular weight excluding hydrogens is 270 g/mol. The molecule has 0 bridgehead atoms. The quantitative estimate of drug-likeness (QED) is 0.893. The number of rotatable bonds is 4. The molecule has 0 aromatic heterocycles. The minimum absolute atomic E-state index is 0.0417. The molecule has 0 radical (unpaired) electrons. The smallest absolute Gasteiger partial charge is 0.313 e. The molecule has 1 amide bonds. The van der Waals surface area contributed by atoms with Gasteiger partial charge in [-0.3, -0.25) is 9.59 Å². The van der Waals surface area contributed by atoms with Crippen molar-refractivity contribution in [2.45, 2.75) is 32.1 Å². The number of aliphatic carboxylic acids is 1. The summed E-state index contributed by atoms with van der Waals surface area (Å²) in [6, 6.07) is 6.95. The van der Waals surface area contributed by atoms with Crippen LogP contribution in [-0.2, 0) is 19.7 Å². The summed E-state index contributed by atoms with van der Waals surface area (Å²) in [6.07, 6.45) is 1.75. The van der Waals surface area contributed by atoms with Crippen molar-refractivity contribution >= 4 is 17.6 Å². The van der Waals surface area contributed by atoms with Gasteiger partial charge in [0, 0.05) is 12.3 Å². The first-order valence-electron chi connectivity index (χ1n) is 7.14. The van der Waals surface area contributed by atoms with Crippen molar-refractivity contribution < 1.29 is 19.4 Å². The fourth-order valence-corrected chi connectivity index (χ4v) is 2.29. The Morgan fingerprint density at radius 1 is 1.29 bits per heavy atom. The van der Waals surface area contributed by atoms with Crippen molar-refractivity contribution in [3.05, 3.63) is 29.8 Å². The van der Waals surface area contributed by atoms with E-state index >= 15 is 0 Å². The van der Waals surface area contributed by atoms with Crippen molar-refractivity contribution in [1.82, 2.24) is 0 Å². The van der Waals surface area contributed by atoms with E-state index in [1.165, 1.54) is 0 Å². The summed E-state index contributed by atoms with van der Waals surface area (Å²) in [6.45, 7) is 4.50. The molecule has 1 aromatic rings. The molecule has 1 unspecified atom stereocenters. The molecule has 1 aliphatic heterocycles. The molecule has 5 heteroatoms. The average molecular weight is 291 g/mol. The molecule has 21 heavy (non-hydrogen) atoms. The number of hydrogen-bond donors (Lipinski definition) is 2. The fraction of sp³-hybridized carbons (Fsp3) is 0.500. The highest BCUT2D eigenvalue weighted by atomic mass is 16.5. The number of carboxylic acids is 1. The van der Waals surface area contributed by atoms with Crippen LogP contribution in [0.1, 0.15) is 32.3 Å². The van der Waals surface area contributed by atoms with E-state index in [0.717, 1.165) is 19.4 Å². The molecule has 2 N–H and O–H groups in total. The summed E-state index contributed by atoms with van der Waals surface area (Å²) in [7, 11) is 0. The molecule has 0 spiro atoms. The second-order valence-corrected chi connectivity index (χ2v) is 5.91. The van der Waals surface area contributed by atoms with Gasteiger partial charge in [-0.25, -0.2) is 0 Å². The molecule has 0 saturated carbocycles. The van der Waals surface area contributed by atoms with E-state index in [-0.39, 0.29) is 11.8 Å². The molecule has 1 heterocycles. The van der Waals surface area contributed by atoms with Crippen molar-refractivity contribution in [2.24, 2.45) is 5.92 Å². The SMILES string of the molecule is CC(C)(C(=O)O)c1ccc(NC(=O)C2CCCOC2)cc1. The summed E-state index contributed by atoms with van der Waals surface area (Å²) in [4.78, 5) is 23.3. The first-order valence-corrected chi connectivity index (χ1v) is 7.14. The standard InChI is InChI=1S/C16H21NO4/c1-16(2,15(19)20)12-5-7-13(8-6-12)17-14(18)11-4-3-9-21-10-11/h5-8,11H,3-4,9-10H2,1-2H3,(H,17,18)(H,19,20). The molecule has 2 rings (SSSR count). The van der Waals surface area contributed by atoms with Gasteiger partial charge >= 0.3 is 5.97 Å². The lowest BCUT2D eigenvalue weighted by atomic mass is 9.85. The van der Waals surface area contributed by atoms with Crippen LogP contribution in [-0.4, -0.2) is 30.2 Å². The highest BCUT2D eigenvalue weighted by molar-refractivity contribution is 5.92. The number of nitrogens with one attached hydrogen (secondary N) is 1. The second-order valence-electron chi connectivity index (χ2n) is 5.91. The molecule has 114 valence electrons. The molecular formula is C16H21NO4. The molecule has 5 nitrogen and oxygen atoms in total. The van der Waals surface area contributed by atoms with Gasteiger partial charge in [-0.1, -0.05) is 12.1 Å². The third kappa shape index (κ3) is 3.61. The number of carboxylic acid groups (broad SMARTS) is 1. The van der Waals surface area contributed by atoms with Gasteiger partial charge in [0.05, 0.1) is 17.9 Å². The highest BCUT2D eigenvalue weighted by Crippen LogP contribution is 2.25. The van der Waals surface area contributed by atoms with Crippen LogP contribution >= 0.6 is 0 Å². The van der Waals surface area contributed by atoms with Crippen molar-refractivity contribution in [3.63, 3.8) is 0 Å². The van der Waals surface area contributed by atoms with Crippen LogP contribution in [0.3, 0.4) is 0 Å². The van der Waals surface area contributed by atoms with Crippen molar-refractivity contribution in [3.8, 4) is 0 Å². The number of benzene rings is 1. The van der Waals surface area contributed by atoms with E-state index in [1.807, 2.05) is 0 Å². The van der Waals surface area contributed by atoms with Gasteiger partial charge in [-0.15, -0.1) is 0 Å². The van der Waals surface area contributed by atoms with Crippen molar-refractivity contribution in [2.75, 3.05) is 18.5 Å². The maximum absolute atomic E-state index is 12.1. The van der Waals surface area contributed by atoms with Crippen LogP contribution in [0.2, 0.25) is 0 Å². The van der Waals surface area contributed by atoms with Gasteiger partial charge in [0.1, 0.15) is 0 Å². The number of ether oxygens (including phenoxy) is 1. The monoisotopic (exact) mass is 291 g/mol. The van der Waals surface area contributed by atoms with E-state index < -0.39 is 11.4 Å². The first-order chi connectivity index (χ1) is 9.91. The highest BCUT2D eigenvalue weighted by Gasteiger charge is 2.29.